The Kier molecular flexibility index (Phi) is 13.1. The molecule has 0 saturated heterocycles. The summed E-state index contributed by atoms with van der Waals surface area (Å²) in [5.74, 6) is 0. The van der Waals surface area contributed by atoms with E-state index in [-0.39, 0.29) is 12.7 Å². The van der Waals surface area contributed by atoms with Crippen LogP contribution < -0.4 is 10.8 Å². The number of ether oxygens (including phenoxy) is 4. The first-order chi connectivity index (χ1) is 13.9. The largest absolute Gasteiger partial charge is 0.446 e. The van der Waals surface area contributed by atoms with Gasteiger partial charge in [-0.2, -0.15) is 5.48 Å². The molecule has 29 heavy (non-hydrogen) atoms. The summed E-state index contributed by atoms with van der Waals surface area (Å²) in [4.78, 5) is 28.0. The fourth-order valence-electron chi connectivity index (χ4n) is 2.49. The molecule has 0 aliphatic heterocycles. The number of amides is 2. The first-order valence-electron chi connectivity index (χ1n) is 10.2. The Hall–Kier alpha value is -1.84. The number of rotatable bonds is 11. The molecule has 0 aromatic heterocycles. The molecule has 0 heterocycles. The van der Waals surface area contributed by atoms with E-state index < -0.39 is 17.8 Å². The van der Waals surface area contributed by atoms with Gasteiger partial charge in [-0.05, 0) is 52.9 Å². The molecule has 1 aliphatic carbocycles. The summed E-state index contributed by atoms with van der Waals surface area (Å²) in [7, 11) is 0. The van der Waals surface area contributed by atoms with Crippen molar-refractivity contribution >= 4 is 12.2 Å². The molecule has 0 bridgehead atoms. The molecular weight excluding hydrogens is 380 g/mol. The van der Waals surface area contributed by atoms with Gasteiger partial charge in [-0.15, -0.1) is 0 Å². The Bertz CT molecular complexity index is 492. The standard InChI is InChI=1S/C20H36N2O7/c1-20(2,3)29-19(24)22-27-16-15-26-14-13-25-12-11-21-18(23)28-17-9-7-5-4-6-8-10-17/h4-5,17H,6-16H2,1-3H3,(H,21,23)(H,22,24)/b5-4-. The highest BCUT2D eigenvalue weighted by atomic mass is 16.7. The number of carbonyl (C=O) groups is 2. The highest BCUT2D eigenvalue weighted by Gasteiger charge is 2.16. The van der Waals surface area contributed by atoms with Gasteiger partial charge in [0, 0.05) is 6.54 Å². The molecule has 2 N–H and O–H groups in total. The minimum Gasteiger partial charge on any atom is -0.446 e. The summed E-state index contributed by atoms with van der Waals surface area (Å²) in [6.45, 7) is 7.35. The lowest BCUT2D eigenvalue weighted by Gasteiger charge is -2.19. The van der Waals surface area contributed by atoms with Crippen molar-refractivity contribution in [2.24, 2.45) is 0 Å². The van der Waals surface area contributed by atoms with Crippen molar-refractivity contribution in [2.75, 3.05) is 39.6 Å². The topological polar surface area (TPSA) is 104 Å². The average molecular weight is 417 g/mol. The Morgan fingerprint density at radius 1 is 0.931 bits per heavy atom. The second-order valence-corrected chi connectivity index (χ2v) is 7.61. The van der Waals surface area contributed by atoms with Crippen LogP contribution in [0.5, 0.6) is 0 Å². The van der Waals surface area contributed by atoms with E-state index in [2.05, 4.69) is 22.9 Å². The number of carbonyl (C=O) groups excluding carboxylic acids is 2. The van der Waals surface area contributed by atoms with Crippen molar-refractivity contribution in [3.05, 3.63) is 12.2 Å². The van der Waals surface area contributed by atoms with Crippen molar-refractivity contribution in [1.82, 2.24) is 10.8 Å². The van der Waals surface area contributed by atoms with Gasteiger partial charge in [0.15, 0.2) is 0 Å². The van der Waals surface area contributed by atoms with Crippen LogP contribution in [0, 0.1) is 0 Å². The number of nitrogens with one attached hydrogen (secondary N) is 2. The van der Waals surface area contributed by atoms with E-state index in [0.717, 1.165) is 32.1 Å². The second kappa shape index (κ2) is 15.1. The van der Waals surface area contributed by atoms with Crippen molar-refractivity contribution < 1.29 is 33.4 Å². The summed E-state index contributed by atoms with van der Waals surface area (Å²) in [5, 5.41) is 2.69. The third-order valence-electron chi connectivity index (χ3n) is 3.76. The van der Waals surface area contributed by atoms with Crippen LogP contribution in [0.1, 0.15) is 52.9 Å². The molecular formula is C20H36N2O7. The number of allylic oxidation sites excluding steroid dienone is 2. The molecule has 0 spiro atoms. The first kappa shape index (κ1) is 25.2. The van der Waals surface area contributed by atoms with Gasteiger partial charge in [-0.3, -0.25) is 4.84 Å². The number of hydrogen-bond acceptors (Lipinski definition) is 7. The van der Waals surface area contributed by atoms with Crippen molar-refractivity contribution in [2.45, 2.75) is 64.6 Å². The van der Waals surface area contributed by atoms with Crippen molar-refractivity contribution in [3.8, 4) is 0 Å². The molecule has 1 rings (SSSR count). The maximum absolute atomic E-state index is 11.8. The number of alkyl carbamates (subject to hydrolysis) is 1. The minimum atomic E-state index is -0.641. The maximum Gasteiger partial charge on any atom is 0.431 e. The fourth-order valence-corrected chi connectivity index (χ4v) is 2.49. The molecule has 2 amide bonds. The van der Waals surface area contributed by atoms with Crippen LogP contribution in [0.2, 0.25) is 0 Å². The Balaban J connectivity index is 1.87. The van der Waals surface area contributed by atoms with Gasteiger partial charge < -0.3 is 24.3 Å². The summed E-state index contributed by atoms with van der Waals surface area (Å²) < 4.78 is 21.1. The van der Waals surface area contributed by atoms with Crippen LogP contribution in [0.25, 0.3) is 0 Å². The number of hydrogen-bond donors (Lipinski definition) is 2. The van der Waals surface area contributed by atoms with Crippen LogP contribution in [0.15, 0.2) is 12.2 Å². The van der Waals surface area contributed by atoms with Crippen LogP contribution >= 0.6 is 0 Å². The third-order valence-corrected chi connectivity index (χ3v) is 3.76. The second-order valence-electron chi connectivity index (χ2n) is 7.61. The van der Waals surface area contributed by atoms with Crippen LogP contribution in [-0.4, -0.2) is 63.5 Å². The lowest BCUT2D eigenvalue weighted by molar-refractivity contribution is -0.0325. The van der Waals surface area contributed by atoms with Gasteiger partial charge in [0.2, 0.25) is 0 Å². The van der Waals surface area contributed by atoms with E-state index in [9.17, 15) is 9.59 Å². The Morgan fingerprint density at radius 2 is 1.62 bits per heavy atom. The summed E-state index contributed by atoms with van der Waals surface area (Å²) >= 11 is 0. The van der Waals surface area contributed by atoms with Crippen LogP contribution in [0.3, 0.4) is 0 Å². The fraction of sp³-hybridized carbons (Fsp3) is 0.800. The molecule has 9 heteroatoms. The van der Waals surface area contributed by atoms with Gasteiger partial charge in [-0.1, -0.05) is 12.2 Å². The van der Waals surface area contributed by atoms with Gasteiger partial charge in [0.25, 0.3) is 0 Å². The highest BCUT2D eigenvalue weighted by molar-refractivity contribution is 5.67. The lowest BCUT2D eigenvalue weighted by atomic mass is 10.0. The minimum absolute atomic E-state index is 0.0127. The van der Waals surface area contributed by atoms with Crippen molar-refractivity contribution in [1.29, 1.82) is 0 Å². The van der Waals surface area contributed by atoms with E-state index in [0.29, 0.717) is 33.0 Å². The van der Waals surface area contributed by atoms with Gasteiger partial charge in [0.1, 0.15) is 11.7 Å². The Labute approximate surface area is 173 Å². The molecule has 0 aromatic carbocycles. The molecule has 1 atom stereocenters. The van der Waals surface area contributed by atoms with E-state index in [4.69, 9.17) is 23.8 Å². The monoisotopic (exact) mass is 416 g/mol. The molecule has 0 saturated carbocycles. The molecule has 0 aromatic rings. The van der Waals surface area contributed by atoms with Gasteiger partial charge in [-0.25, -0.2) is 9.59 Å². The van der Waals surface area contributed by atoms with Crippen LogP contribution in [0.4, 0.5) is 9.59 Å². The smallest absolute Gasteiger partial charge is 0.431 e. The zero-order valence-electron chi connectivity index (χ0n) is 17.9. The normalized spacial score (nSPS) is 18.2. The predicted molar refractivity (Wildman–Crippen MR) is 107 cm³/mol. The molecule has 9 nitrogen and oxygen atoms in total. The molecule has 0 fully saturated rings. The molecule has 1 aliphatic rings. The van der Waals surface area contributed by atoms with E-state index in [1.165, 1.54) is 0 Å². The third kappa shape index (κ3) is 15.7. The van der Waals surface area contributed by atoms with Crippen molar-refractivity contribution in [3.63, 3.8) is 0 Å². The lowest BCUT2D eigenvalue weighted by Crippen LogP contribution is -2.33. The predicted octanol–water partition coefficient (Wildman–Crippen LogP) is 3.09. The highest BCUT2D eigenvalue weighted by Crippen LogP contribution is 2.15. The quantitative estimate of drug-likeness (QED) is 0.303. The zero-order chi connectivity index (χ0) is 21.4. The number of hydroxylamine groups is 1. The van der Waals surface area contributed by atoms with Crippen LogP contribution in [-0.2, 0) is 23.8 Å². The first-order valence-corrected chi connectivity index (χ1v) is 10.2. The molecule has 168 valence electrons. The molecule has 0 radical (unpaired) electrons. The summed E-state index contributed by atoms with van der Waals surface area (Å²) in [6.07, 6.45) is 8.09. The Morgan fingerprint density at radius 3 is 2.38 bits per heavy atom. The van der Waals surface area contributed by atoms with E-state index >= 15 is 0 Å². The zero-order valence-corrected chi connectivity index (χ0v) is 17.9. The van der Waals surface area contributed by atoms with E-state index in [1.807, 2.05) is 0 Å². The SMILES string of the molecule is CC(C)(C)OC(=O)NOCCOCCOCCNC(=O)OC1CC/C=C\CCC1. The summed E-state index contributed by atoms with van der Waals surface area (Å²) in [6, 6.07) is 0. The maximum atomic E-state index is 11.8. The summed E-state index contributed by atoms with van der Waals surface area (Å²) in [5.41, 5.74) is 1.61. The van der Waals surface area contributed by atoms with Gasteiger partial charge >= 0.3 is 12.2 Å². The van der Waals surface area contributed by atoms with E-state index in [1.54, 1.807) is 20.8 Å². The molecule has 1 unspecified atom stereocenters. The van der Waals surface area contributed by atoms with Gasteiger partial charge in [0.05, 0.1) is 33.0 Å². The average Bonchev–Trinajstić information content (AvgIpc) is 2.60.